The zero-order valence-electron chi connectivity index (χ0n) is 10.1. The Kier molecular flexibility index (Phi) is 6.64. The molecule has 0 radical (unpaired) electrons. The van der Waals surface area contributed by atoms with Gasteiger partial charge in [-0.25, -0.2) is 0 Å². The molecule has 0 aliphatic rings. The van der Waals surface area contributed by atoms with Gasteiger partial charge in [-0.05, 0) is 28.8 Å². The lowest BCUT2D eigenvalue weighted by Gasteiger charge is -2.23. The van der Waals surface area contributed by atoms with Crippen molar-refractivity contribution < 1.29 is 9.84 Å². The summed E-state index contributed by atoms with van der Waals surface area (Å²) < 4.78 is 5.09. The van der Waals surface area contributed by atoms with Gasteiger partial charge in [0.1, 0.15) is 0 Å². The molecule has 0 spiro atoms. The number of hydrogen-bond acceptors (Lipinski definition) is 4. The molecule has 0 amide bonds. The van der Waals surface area contributed by atoms with E-state index in [2.05, 4.69) is 21.7 Å². The van der Waals surface area contributed by atoms with Crippen LogP contribution in [0.15, 0.2) is 16.8 Å². The fourth-order valence-corrected chi connectivity index (χ4v) is 2.18. The van der Waals surface area contributed by atoms with E-state index in [1.807, 2.05) is 6.92 Å². The SMILES string of the molecule is CC[C@@H](O)CN(CCOC)Cc1ccsc1. The maximum atomic E-state index is 9.68. The van der Waals surface area contributed by atoms with Crippen LogP contribution >= 0.6 is 11.3 Å². The molecule has 0 unspecified atom stereocenters. The molecule has 1 aromatic rings. The van der Waals surface area contributed by atoms with Crippen LogP contribution in [0.25, 0.3) is 0 Å². The van der Waals surface area contributed by atoms with Crippen molar-refractivity contribution in [1.82, 2.24) is 4.90 Å². The Bertz CT molecular complexity index is 264. The molecule has 0 saturated carbocycles. The number of hydrogen-bond donors (Lipinski definition) is 1. The van der Waals surface area contributed by atoms with Crippen LogP contribution in [0.4, 0.5) is 0 Å². The molecule has 0 bridgehead atoms. The summed E-state index contributed by atoms with van der Waals surface area (Å²) in [5.41, 5.74) is 1.31. The lowest BCUT2D eigenvalue weighted by molar-refractivity contribution is 0.0831. The molecule has 0 fully saturated rings. The molecule has 16 heavy (non-hydrogen) atoms. The summed E-state index contributed by atoms with van der Waals surface area (Å²) >= 11 is 1.71. The highest BCUT2D eigenvalue weighted by Gasteiger charge is 2.10. The zero-order chi connectivity index (χ0) is 11.8. The van der Waals surface area contributed by atoms with E-state index in [0.717, 1.165) is 26.1 Å². The Balaban J connectivity index is 2.43. The van der Waals surface area contributed by atoms with Gasteiger partial charge in [0.05, 0.1) is 12.7 Å². The van der Waals surface area contributed by atoms with Crippen molar-refractivity contribution in [3.63, 3.8) is 0 Å². The number of ether oxygens (including phenoxy) is 1. The first-order valence-corrected chi connectivity index (χ1v) is 6.61. The van der Waals surface area contributed by atoms with Crippen molar-refractivity contribution >= 4 is 11.3 Å². The highest BCUT2D eigenvalue weighted by atomic mass is 32.1. The Labute approximate surface area is 102 Å². The number of nitrogens with zero attached hydrogens (tertiary/aromatic N) is 1. The second-order valence-corrected chi connectivity index (χ2v) is 4.70. The Morgan fingerprint density at radius 2 is 2.38 bits per heavy atom. The summed E-state index contributed by atoms with van der Waals surface area (Å²) in [5.74, 6) is 0. The second kappa shape index (κ2) is 7.79. The van der Waals surface area contributed by atoms with E-state index < -0.39 is 0 Å². The molecule has 1 N–H and O–H groups in total. The third-order valence-corrected chi connectivity index (χ3v) is 3.27. The Morgan fingerprint density at radius 3 is 2.94 bits per heavy atom. The second-order valence-electron chi connectivity index (χ2n) is 3.92. The van der Waals surface area contributed by atoms with Crippen LogP contribution in [-0.4, -0.2) is 42.9 Å². The maximum Gasteiger partial charge on any atom is 0.0664 e. The summed E-state index contributed by atoms with van der Waals surface area (Å²) in [5, 5.41) is 13.9. The first-order valence-electron chi connectivity index (χ1n) is 5.66. The smallest absolute Gasteiger partial charge is 0.0664 e. The van der Waals surface area contributed by atoms with Gasteiger partial charge in [0.25, 0.3) is 0 Å². The van der Waals surface area contributed by atoms with E-state index in [4.69, 9.17) is 4.74 Å². The fraction of sp³-hybridized carbons (Fsp3) is 0.667. The molecule has 1 aromatic heterocycles. The standard InChI is InChI=1S/C12H21NO2S/c1-3-12(14)9-13(5-6-15-2)8-11-4-7-16-10-11/h4,7,10,12,14H,3,5-6,8-9H2,1-2H3/t12-/m1/s1. The van der Waals surface area contributed by atoms with Crippen LogP contribution in [0.1, 0.15) is 18.9 Å². The van der Waals surface area contributed by atoms with Gasteiger partial charge < -0.3 is 9.84 Å². The summed E-state index contributed by atoms with van der Waals surface area (Å²) in [6, 6.07) is 2.13. The molecular weight excluding hydrogens is 222 g/mol. The highest BCUT2D eigenvalue weighted by Crippen LogP contribution is 2.10. The number of rotatable bonds is 8. The molecular formula is C12H21NO2S. The van der Waals surface area contributed by atoms with E-state index in [1.54, 1.807) is 18.4 Å². The Morgan fingerprint density at radius 1 is 1.56 bits per heavy atom. The molecule has 0 aliphatic carbocycles. The van der Waals surface area contributed by atoms with Gasteiger partial charge >= 0.3 is 0 Å². The van der Waals surface area contributed by atoms with E-state index in [1.165, 1.54) is 5.56 Å². The predicted molar refractivity (Wildman–Crippen MR) is 67.8 cm³/mol. The average molecular weight is 243 g/mol. The molecule has 0 saturated heterocycles. The lowest BCUT2D eigenvalue weighted by Crippen LogP contribution is -2.34. The summed E-state index contributed by atoms with van der Waals surface area (Å²) in [7, 11) is 1.71. The van der Waals surface area contributed by atoms with E-state index in [-0.39, 0.29) is 6.10 Å². The number of aliphatic hydroxyl groups excluding tert-OH is 1. The van der Waals surface area contributed by atoms with Gasteiger partial charge in [-0.2, -0.15) is 11.3 Å². The third kappa shape index (κ3) is 5.07. The quantitative estimate of drug-likeness (QED) is 0.757. The van der Waals surface area contributed by atoms with Gasteiger partial charge in [0, 0.05) is 26.7 Å². The molecule has 4 heteroatoms. The molecule has 3 nitrogen and oxygen atoms in total. The number of thiophene rings is 1. The minimum absolute atomic E-state index is 0.240. The molecule has 1 heterocycles. The maximum absolute atomic E-state index is 9.68. The summed E-state index contributed by atoms with van der Waals surface area (Å²) in [6.45, 7) is 5.19. The molecule has 92 valence electrons. The minimum atomic E-state index is -0.240. The van der Waals surface area contributed by atoms with Gasteiger partial charge in [-0.1, -0.05) is 6.92 Å². The molecule has 0 aromatic carbocycles. The van der Waals surface area contributed by atoms with Crippen LogP contribution in [0.3, 0.4) is 0 Å². The monoisotopic (exact) mass is 243 g/mol. The zero-order valence-corrected chi connectivity index (χ0v) is 10.9. The largest absolute Gasteiger partial charge is 0.392 e. The molecule has 0 aliphatic heterocycles. The normalized spacial score (nSPS) is 13.2. The minimum Gasteiger partial charge on any atom is -0.392 e. The average Bonchev–Trinajstić information content (AvgIpc) is 2.78. The van der Waals surface area contributed by atoms with Gasteiger partial charge in [-0.15, -0.1) is 0 Å². The lowest BCUT2D eigenvalue weighted by atomic mass is 10.2. The van der Waals surface area contributed by atoms with Crippen LogP contribution < -0.4 is 0 Å². The molecule has 1 rings (SSSR count). The number of methoxy groups -OCH3 is 1. The van der Waals surface area contributed by atoms with Crippen molar-refractivity contribution in [2.75, 3.05) is 26.8 Å². The topological polar surface area (TPSA) is 32.7 Å². The van der Waals surface area contributed by atoms with Gasteiger partial charge in [-0.3, -0.25) is 4.90 Å². The Hall–Kier alpha value is -0.420. The van der Waals surface area contributed by atoms with Crippen molar-refractivity contribution in [2.24, 2.45) is 0 Å². The van der Waals surface area contributed by atoms with Crippen molar-refractivity contribution in [3.05, 3.63) is 22.4 Å². The van der Waals surface area contributed by atoms with Crippen molar-refractivity contribution in [3.8, 4) is 0 Å². The predicted octanol–water partition coefficient (Wildman–Crippen LogP) is 1.97. The van der Waals surface area contributed by atoms with Crippen LogP contribution in [0, 0.1) is 0 Å². The summed E-state index contributed by atoms with van der Waals surface area (Å²) in [6.07, 6.45) is 0.558. The number of aliphatic hydroxyl groups is 1. The van der Waals surface area contributed by atoms with Crippen LogP contribution in [-0.2, 0) is 11.3 Å². The van der Waals surface area contributed by atoms with Crippen LogP contribution in [0.2, 0.25) is 0 Å². The highest BCUT2D eigenvalue weighted by molar-refractivity contribution is 7.07. The first-order chi connectivity index (χ1) is 7.76. The van der Waals surface area contributed by atoms with E-state index >= 15 is 0 Å². The van der Waals surface area contributed by atoms with Crippen LogP contribution in [0.5, 0.6) is 0 Å². The molecule has 1 atom stereocenters. The van der Waals surface area contributed by atoms with Gasteiger partial charge in [0.15, 0.2) is 0 Å². The van der Waals surface area contributed by atoms with E-state index in [9.17, 15) is 5.11 Å². The van der Waals surface area contributed by atoms with Crippen molar-refractivity contribution in [1.29, 1.82) is 0 Å². The first kappa shape index (κ1) is 13.6. The van der Waals surface area contributed by atoms with Gasteiger partial charge in [0.2, 0.25) is 0 Å². The van der Waals surface area contributed by atoms with E-state index in [0.29, 0.717) is 6.61 Å². The third-order valence-electron chi connectivity index (χ3n) is 2.54. The fourth-order valence-electron chi connectivity index (χ4n) is 1.52. The van der Waals surface area contributed by atoms with Crippen molar-refractivity contribution in [2.45, 2.75) is 26.0 Å². The summed E-state index contributed by atoms with van der Waals surface area (Å²) in [4.78, 5) is 2.24.